The summed E-state index contributed by atoms with van der Waals surface area (Å²) in [5, 5.41) is 12.9. The normalized spacial score (nSPS) is 13.8. The molecule has 1 N–H and O–H groups in total. The molecule has 0 bridgehead atoms. The maximum Gasteiger partial charge on any atom is 0.536 e. The van der Waals surface area contributed by atoms with Crippen molar-refractivity contribution in [3.8, 4) is 11.5 Å². The van der Waals surface area contributed by atoms with Gasteiger partial charge in [-0.1, -0.05) is 10.3 Å². The summed E-state index contributed by atoms with van der Waals surface area (Å²) in [6.07, 6.45) is -10.0. The molecule has 18 heteroatoms. The summed E-state index contributed by atoms with van der Waals surface area (Å²) in [5.74, 6) is 0.220. The van der Waals surface area contributed by atoms with E-state index >= 15 is 0 Å². The minimum atomic E-state index is -6.40. The third-order valence-corrected chi connectivity index (χ3v) is 5.07. The first kappa shape index (κ1) is 30.5. The lowest BCUT2D eigenvalue weighted by molar-refractivity contribution is -0.0634. The molecule has 0 amide bonds. The van der Waals surface area contributed by atoms with Crippen molar-refractivity contribution < 1.29 is 66.9 Å². The molecule has 0 aliphatic heterocycles. The van der Waals surface area contributed by atoms with Gasteiger partial charge in [-0.25, -0.2) is 0 Å². The Bertz CT molecular complexity index is 1240. The highest BCUT2D eigenvalue weighted by molar-refractivity contribution is 7.87. The van der Waals surface area contributed by atoms with Crippen molar-refractivity contribution in [2.45, 2.75) is 24.3 Å². The Morgan fingerprint density at radius 2 is 1.11 bits per heavy atom. The second-order valence-electron chi connectivity index (χ2n) is 6.96. The number of nitrogens with zero attached hydrogens (tertiary/aromatic N) is 2. The molecular formula is C20H15F9N2O6S. The lowest BCUT2D eigenvalue weighted by Crippen LogP contribution is -2.28. The molecule has 0 atom stereocenters. The van der Waals surface area contributed by atoms with Crippen molar-refractivity contribution in [2.24, 2.45) is 10.3 Å². The topological polar surface area (TPSA) is 107 Å². The summed E-state index contributed by atoms with van der Waals surface area (Å²) in [4.78, 5) is 0. The van der Waals surface area contributed by atoms with Gasteiger partial charge in [-0.3, -0.25) is 4.28 Å². The van der Waals surface area contributed by atoms with Gasteiger partial charge >= 0.3 is 28.0 Å². The molecule has 0 heterocycles. The summed E-state index contributed by atoms with van der Waals surface area (Å²) in [6.45, 7) is -0.00643. The molecule has 0 aliphatic carbocycles. The lowest BCUT2D eigenvalue weighted by Gasteiger charge is -2.12. The van der Waals surface area contributed by atoms with Crippen molar-refractivity contribution in [1.82, 2.24) is 0 Å². The smallest absolute Gasteiger partial charge is 0.493 e. The molecule has 0 saturated carbocycles. The molecule has 8 nitrogen and oxygen atoms in total. The number of hydrogen-bond acceptors (Lipinski definition) is 8. The van der Waals surface area contributed by atoms with E-state index in [9.17, 15) is 47.9 Å². The van der Waals surface area contributed by atoms with Crippen LogP contribution in [0.1, 0.15) is 17.5 Å². The quantitative estimate of drug-likeness (QED) is 0.100. The zero-order chi connectivity index (χ0) is 28.8. The second-order valence-corrected chi connectivity index (χ2v) is 8.48. The van der Waals surface area contributed by atoms with E-state index in [0.29, 0.717) is 0 Å². The zero-order valence-corrected chi connectivity index (χ0v) is 19.2. The minimum Gasteiger partial charge on any atom is -0.493 e. The van der Waals surface area contributed by atoms with Crippen LogP contribution < -0.4 is 9.47 Å². The van der Waals surface area contributed by atoms with E-state index in [1.165, 1.54) is 12.1 Å². The number of halogens is 9. The highest BCUT2D eigenvalue weighted by Gasteiger charge is 2.49. The Balaban J connectivity index is 1.92. The van der Waals surface area contributed by atoms with Gasteiger partial charge in [-0.05, 0) is 48.5 Å². The number of rotatable bonds is 10. The predicted molar refractivity (Wildman–Crippen MR) is 112 cm³/mol. The third kappa shape index (κ3) is 8.42. The fourth-order valence-electron chi connectivity index (χ4n) is 2.53. The van der Waals surface area contributed by atoms with E-state index in [1.54, 1.807) is 0 Å². The number of benzene rings is 2. The van der Waals surface area contributed by atoms with Crippen molar-refractivity contribution >= 4 is 21.5 Å². The average Bonchev–Trinajstić information content (AvgIpc) is 2.78. The molecule has 0 radical (unpaired) electrons. The molecule has 2 rings (SSSR count). The van der Waals surface area contributed by atoms with Crippen LogP contribution in [0.25, 0.3) is 0 Å². The first-order valence-electron chi connectivity index (χ1n) is 9.86. The van der Waals surface area contributed by atoms with E-state index in [1.807, 2.05) is 0 Å². The Morgan fingerprint density at radius 3 is 1.45 bits per heavy atom. The van der Waals surface area contributed by atoms with Crippen LogP contribution >= 0.6 is 0 Å². The minimum absolute atomic E-state index is 0.0214. The van der Waals surface area contributed by atoms with Crippen LogP contribution in [0.5, 0.6) is 11.5 Å². The van der Waals surface area contributed by atoms with E-state index in [0.717, 1.165) is 36.4 Å². The Labute approximate surface area is 208 Å². The average molecular weight is 582 g/mol. The molecule has 0 spiro atoms. The van der Waals surface area contributed by atoms with E-state index in [4.69, 9.17) is 14.7 Å². The van der Waals surface area contributed by atoms with Gasteiger partial charge in [0.15, 0.2) is 11.4 Å². The van der Waals surface area contributed by atoms with Crippen molar-refractivity contribution in [2.75, 3.05) is 13.2 Å². The second kappa shape index (κ2) is 11.8. The van der Waals surface area contributed by atoms with Crippen LogP contribution in [-0.4, -0.2) is 56.1 Å². The van der Waals surface area contributed by atoms with Gasteiger partial charge in [0.1, 0.15) is 11.5 Å². The van der Waals surface area contributed by atoms with Gasteiger partial charge in [0, 0.05) is 17.5 Å². The Morgan fingerprint density at radius 1 is 0.711 bits per heavy atom. The van der Waals surface area contributed by atoms with Crippen LogP contribution in [0.4, 0.5) is 39.5 Å². The molecule has 0 unspecified atom stereocenters. The van der Waals surface area contributed by atoms with Crippen molar-refractivity contribution in [3.63, 3.8) is 0 Å². The van der Waals surface area contributed by atoms with Crippen molar-refractivity contribution in [1.29, 1.82) is 0 Å². The van der Waals surface area contributed by atoms with Gasteiger partial charge < -0.3 is 14.7 Å². The van der Waals surface area contributed by atoms with Gasteiger partial charge in [-0.2, -0.15) is 47.9 Å². The molecule has 2 aromatic carbocycles. The maximum atomic E-state index is 13.1. The highest BCUT2D eigenvalue weighted by Crippen LogP contribution is 2.28. The van der Waals surface area contributed by atoms with Gasteiger partial charge in [0.25, 0.3) is 0 Å². The zero-order valence-electron chi connectivity index (χ0n) is 18.4. The maximum absolute atomic E-state index is 13.1. The number of alkyl halides is 9. The standard InChI is InChI=1S/C20H15F9N2O6S/c21-18(22,23)16(30-32)12-2-6-14(7-3-12)35-10-1-11-36-15-8-4-13(5-9-15)17(19(24,25)26)31-37-38(33,34)20(27,28)29/h2-9,32H,1,10-11H2. The third-order valence-electron chi connectivity index (χ3n) is 4.23. The largest absolute Gasteiger partial charge is 0.536 e. The number of hydrogen-bond donors (Lipinski definition) is 1. The SMILES string of the molecule is O=S(=O)(ON=C(c1ccc(OCCCOc2ccc(C(=NO)C(F)(F)F)cc2)cc1)C(F)(F)F)C(F)(F)F. The number of ether oxygens (including phenoxy) is 2. The van der Waals surface area contributed by atoms with E-state index in [2.05, 4.69) is 14.6 Å². The van der Waals surface area contributed by atoms with Crippen LogP contribution in [0.15, 0.2) is 58.8 Å². The lowest BCUT2D eigenvalue weighted by atomic mass is 10.1. The summed E-state index contributed by atoms with van der Waals surface area (Å²) >= 11 is 0. The molecular weight excluding hydrogens is 567 g/mol. The first-order chi connectivity index (χ1) is 17.5. The molecule has 210 valence electrons. The van der Waals surface area contributed by atoms with E-state index < -0.39 is 50.5 Å². The highest BCUT2D eigenvalue weighted by atomic mass is 32.2. The molecule has 0 aliphatic rings. The molecule has 0 aromatic heterocycles. The molecule has 38 heavy (non-hydrogen) atoms. The first-order valence-corrected chi connectivity index (χ1v) is 11.3. The van der Waals surface area contributed by atoms with Gasteiger partial charge in [0.2, 0.25) is 0 Å². The molecule has 0 saturated heterocycles. The summed E-state index contributed by atoms with van der Waals surface area (Å²) in [5.41, 5.74) is -10.7. The fraction of sp³-hybridized carbons (Fsp3) is 0.300. The monoisotopic (exact) mass is 582 g/mol. The van der Waals surface area contributed by atoms with Crippen molar-refractivity contribution in [3.05, 3.63) is 59.7 Å². The van der Waals surface area contributed by atoms with Gasteiger partial charge in [-0.15, -0.1) is 0 Å². The Hall–Kier alpha value is -3.70. The summed E-state index contributed by atoms with van der Waals surface area (Å²) < 4.78 is 150. The van der Waals surface area contributed by atoms with Crippen LogP contribution in [0.2, 0.25) is 0 Å². The molecule has 2 aromatic rings. The number of oxime groups is 2. The van der Waals surface area contributed by atoms with Gasteiger partial charge in [0.05, 0.1) is 13.2 Å². The fourth-order valence-corrected chi connectivity index (χ4v) is 2.79. The summed E-state index contributed by atoms with van der Waals surface area (Å²) in [7, 11) is -6.40. The predicted octanol–water partition coefficient (Wildman–Crippen LogP) is 5.41. The Kier molecular flexibility index (Phi) is 9.46. The molecule has 0 fully saturated rings. The van der Waals surface area contributed by atoms with Crippen LogP contribution in [0.3, 0.4) is 0 Å². The van der Waals surface area contributed by atoms with E-state index in [-0.39, 0.29) is 31.1 Å². The summed E-state index contributed by atoms with van der Waals surface area (Å²) in [6, 6.07) is 7.99. The van der Waals surface area contributed by atoms with Crippen LogP contribution in [-0.2, 0) is 14.4 Å². The van der Waals surface area contributed by atoms with Crippen LogP contribution in [0, 0.1) is 0 Å².